The highest BCUT2D eigenvalue weighted by Gasteiger charge is 2.07. The molecule has 0 spiro atoms. The first kappa shape index (κ1) is 11.6. The van der Waals surface area contributed by atoms with Gasteiger partial charge in [0.2, 0.25) is 0 Å². The number of anilines is 1. The molecule has 0 amide bonds. The van der Waals surface area contributed by atoms with E-state index in [-0.39, 0.29) is 5.82 Å². The second kappa shape index (κ2) is 4.97. The third-order valence-electron chi connectivity index (χ3n) is 2.44. The molecule has 0 aliphatic rings. The van der Waals surface area contributed by atoms with Gasteiger partial charge in [0.15, 0.2) is 0 Å². The average Bonchev–Trinajstić information content (AvgIpc) is 2.73. The Hall–Kier alpha value is -1.88. The number of aliphatic hydroxyl groups excluding tert-OH is 1. The fourth-order valence-electron chi connectivity index (χ4n) is 1.51. The highest BCUT2D eigenvalue weighted by Crippen LogP contribution is 2.14. The van der Waals surface area contributed by atoms with Crippen molar-refractivity contribution in [3.63, 3.8) is 0 Å². The number of aromatic nitrogens is 2. The van der Waals surface area contributed by atoms with Crippen LogP contribution in [0.4, 0.5) is 10.2 Å². The maximum atomic E-state index is 12.7. The van der Waals surface area contributed by atoms with Gasteiger partial charge in [0.05, 0.1) is 6.10 Å². The van der Waals surface area contributed by atoms with Crippen LogP contribution in [-0.2, 0) is 7.05 Å². The predicted octanol–water partition coefficient (Wildman–Crippen LogP) is 1.70. The number of aryl methyl sites for hydroxylation is 1. The van der Waals surface area contributed by atoms with E-state index in [2.05, 4.69) is 10.4 Å². The van der Waals surface area contributed by atoms with Crippen LogP contribution < -0.4 is 5.32 Å². The number of nitrogens with zero attached hydrogens (tertiary/aromatic N) is 2. The Kier molecular flexibility index (Phi) is 3.39. The molecule has 0 fully saturated rings. The molecule has 2 N–H and O–H groups in total. The molecular formula is C12H14FN3O. The fraction of sp³-hybridized carbons (Fsp3) is 0.250. The zero-order valence-electron chi connectivity index (χ0n) is 9.47. The standard InChI is InChI=1S/C12H14FN3O/c1-16-7-6-12(15-16)14-8-11(17)9-2-4-10(13)5-3-9/h2-7,11,17H,8H2,1H3,(H,14,15). The maximum absolute atomic E-state index is 12.7. The minimum absolute atomic E-state index is 0.307. The summed E-state index contributed by atoms with van der Waals surface area (Å²) >= 11 is 0. The summed E-state index contributed by atoms with van der Waals surface area (Å²) in [6, 6.07) is 7.62. The first-order valence-electron chi connectivity index (χ1n) is 5.32. The van der Waals surface area contributed by atoms with E-state index in [1.165, 1.54) is 12.1 Å². The molecular weight excluding hydrogens is 221 g/mol. The van der Waals surface area contributed by atoms with Gasteiger partial charge in [-0.15, -0.1) is 0 Å². The number of rotatable bonds is 4. The molecule has 1 atom stereocenters. The SMILES string of the molecule is Cn1ccc(NCC(O)c2ccc(F)cc2)n1. The van der Waals surface area contributed by atoms with Gasteiger partial charge in [0, 0.05) is 25.9 Å². The molecule has 0 saturated heterocycles. The second-order valence-electron chi connectivity index (χ2n) is 3.82. The summed E-state index contributed by atoms with van der Waals surface area (Å²) in [6.07, 6.45) is 1.13. The number of aliphatic hydroxyl groups is 1. The molecule has 0 saturated carbocycles. The molecule has 0 radical (unpaired) electrons. The second-order valence-corrected chi connectivity index (χ2v) is 3.82. The van der Waals surface area contributed by atoms with E-state index in [9.17, 15) is 9.50 Å². The normalized spacial score (nSPS) is 12.4. The van der Waals surface area contributed by atoms with Gasteiger partial charge in [-0.2, -0.15) is 5.10 Å². The Morgan fingerprint density at radius 1 is 1.35 bits per heavy atom. The van der Waals surface area contributed by atoms with Crippen LogP contribution in [0.3, 0.4) is 0 Å². The summed E-state index contributed by atoms with van der Waals surface area (Å²) in [5.74, 6) is 0.396. The summed E-state index contributed by atoms with van der Waals surface area (Å²) in [7, 11) is 1.82. The third-order valence-corrected chi connectivity index (χ3v) is 2.44. The van der Waals surface area contributed by atoms with E-state index in [0.29, 0.717) is 17.9 Å². The number of nitrogens with one attached hydrogen (secondary N) is 1. The summed E-state index contributed by atoms with van der Waals surface area (Å²) in [6.45, 7) is 0.336. The maximum Gasteiger partial charge on any atom is 0.148 e. The highest BCUT2D eigenvalue weighted by atomic mass is 19.1. The van der Waals surface area contributed by atoms with Crippen molar-refractivity contribution in [3.05, 3.63) is 47.9 Å². The molecule has 4 nitrogen and oxygen atoms in total. The Morgan fingerprint density at radius 2 is 2.06 bits per heavy atom. The number of hydrogen-bond acceptors (Lipinski definition) is 3. The first-order chi connectivity index (χ1) is 8.15. The molecule has 1 unspecified atom stereocenters. The summed E-state index contributed by atoms with van der Waals surface area (Å²) in [5, 5.41) is 17.0. The number of halogens is 1. The molecule has 1 aromatic carbocycles. The van der Waals surface area contributed by atoms with E-state index in [1.807, 2.05) is 19.3 Å². The highest BCUT2D eigenvalue weighted by molar-refractivity contribution is 5.33. The molecule has 2 rings (SSSR count). The van der Waals surface area contributed by atoms with Crippen LogP contribution in [0.1, 0.15) is 11.7 Å². The Morgan fingerprint density at radius 3 is 2.65 bits per heavy atom. The molecule has 17 heavy (non-hydrogen) atoms. The van der Waals surface area contributed by atoms with Gasteiger partial charge in [0.1, 0.15) is 11.6 Å². The Bertz CT molecular complexity index is 481. The van der Waals surface area contributed by atoms with Crippen LogP contribution in [-0.4, -0.2) is 21.4 Å². The smallest absolute Gasteiger partial charge is 0.148 e. The average molecular weight is 235 g/mol. The van der Waals surface area contributed by atoms with Gasteiger partial charge in [-0.3, -0.25) is 4.68 Å². The lowest BCUT2D eigenvalue weighted by atomic mass is 10.1. The van der Waals surface area contributed by atoms with Crippen molar-refractivity contribution in [1.82, 2.24) is 9.78 Å². The van der Waals surface area contributed by atoms with Gasteiger partial charge in [-0.1, -0.05) is 12.1 Å². The molecule has 0 aliphatic heterocycles. The molecule has 1 aromatic heterocycles. The van der Waals surface area contributed by atoms with Gasteiger partial charge in [0.25, 0.3) is 0 Å². The van der Waals surface area contributed by atoms with Gasteiger partial charge in [-0.05, 0) is 17.7 Å². The lowest BCUT2D eigenvalue weighted by Gasteiger charge is -2.11. The molecule has 5 heteroatoms. The van der Waals surface area contributed by atoms with Gasteiger partial charge in [-0.25, -0.2) is 4.39 Å². The van der Waals surface area contributed by atoms with E-state index in [1.54, 1.807) is 16.8 Å². The van der Waals surface area contributed by atoms with Crippen molar-refractivity contribution in [2.45, 2.75) is 6.10 Å². The van der Waals surface area contributed by atoms with Crippen LogP contribution in [0.15, 0.2) is 36.5 Å². The summed E-state index contributed by atoms with van der Waals surface area (Å²) in [4.78, 5) is 0. The van der Waals surface area contributed by atoms with Crippen LogP contribution in [0.25, 0.3) is 0 Å². The topological polar surface area (TPSA) is 50.1 Å². The Labute approximate surface area is 98.7 Å². The van der Waals surface area contributed by atoms with Crippen LogP contribution >= 0.6 is 0 Å². The number of benzene rings is 1. The Balaban J connectivity index is 1.93. The van der Waals surface area contributed by atoms with Crippen molar-refractivity contribution in [3.8, 4) is 0 Å². The van der Waals surface area contributed by atoms with Crippen molar-refractivity contribution < 1.29 is 9.50 Å². The van der Waals surface area contributed by atoms with Crippen molar-refractivity contribution in [2.24, 2.45) is 7.05 Å². The van der Waals surface area contributed by atoms with E-state index in [0.717, 1.165) is 0 Å². The largest absolute Gasteiger partial charge is 0.387 e. The minimum Gasteiger partial charge on any atom is -0.387 e. The molecule has 2 aromatic rings. The van der Waals surface area contributed by atoms with Crippen LogP contribution in [0.2, 0.25) is 0 Å². The zero-order chi connectivity index (χ0) is 12.3. The molecule has 1 heterocycles. The zero-order valence-corrected chi connectivity index (χ0v) is 9.47. The van der Waals surface area contributed by atoms with Crippen LogP contribution in [0.5, 0.6) is 0 Å². The van der Waals surface area contributed by atoms with E-state index in [4.69, 9.17) is 0 Å². The molecule has 0 aliphatic carbocycles. The molecule has 90 valence electrons. The third kappa shape index (κ3) is 3.04. The monoisotopic (exact) mass is 235 g/mol. The van der Waals surface area contributed by atoms with Gasteiger partial charge < -0.3 is 10.4 Å². The first-order valence-corrected chi connectivity index (χ1v) is 5.32. The summed E-state index contributed by atoms with van der Waals surface area (Å²) < 4.78 is 14.4. The van der Waals surface area contributed by atoms with E-state index < -0.39 is 6.10 Å². The van der Waals surface area contributed by atoms with Crippen molar-refractivity contribution >= 4 is 5.82 Å². The number of hydrogen-bond donors (Lipinski definition) is 2. The predicted molar refractivity (Wildman–Crippen MR) is 63.1 cm³/mol. The van der Waals surface area contributed by atoms with Crippen molar-refractivity contribution in [1.29, 1.82) is 0 Å². The fourth-order valence-corrected chi connectivity index (χ4v) is 1.51. The van der Waals surface area contributed by atoms with E-state index >= 15 is 0 Å². The van der Waals surface area contributed by atoms with Crippen LogP contribution in [0, 0.1) is 5.82 Å². The lowest BCUT2D eigenvalue weighted by molar-refractivity contribution is 0.191. The lowest BCUT2D eigenvalue weighted by Crippen LogP contribution is -2.12. The molecule has 0 bridgehead atoms. The quantitative estimate of drug-likeness (QED) is 0.848. The summed E-state index contributed by atoms with van der Waals surface area (Å²) in [5.41, 5.74) is 0.676. The van der Waals surface area contributed by atoms with Crippen molar-refractivity contribution in [2.75, 3.05) is 11.9 Å². The van der Waals surface area contributed by atoms with Gasteiger partial charge >= 0.3 is 0 Å². The minimum atomic E-state index is -0.683.